The molecule has 2 radical (unpaired) electrons. The molecule has 4 aromatic carbocycles. The summed E-state index contributed by atoms with van der Waals surface area (Å²) in [5.74, 6) is 0.556. The molecule has 2 fully saturated rings. The standard InChI is InChI=1S/2C22H26N2O4.2CH2O3.2Dy.2NO3.2Zn/c2*1-27-19-11-5-7-15(21(19)25)13-23-17-9-3-4-10-18(17)24-14-16-8-6-12-20(28-2)22(16)26;2*2-1(3)4;;;2*2-1(3)4;;/h2*5-8,11-14,17-18,25-26H,3-4,9-10H2,1-2H3;2*(H2,2,3,4);;;;;;/q;;;;2*+3;2*-1;2*+2/p-8/t2*17-,18-;;;;;;;;/m10......../s1. The Morgan fingerprint density at radius 1 is 0.434 bits per heavy atom. The fourth-order valence-corrected chi connectivity index (χ4v) is 6.76. The van der Waals surface area contributed by atoms with E-state index in [1.807, 2.05) is 0 Å². The summed E-state index contributed by atoms with van der Waals surface area (Å²) in [5, 5.41) is 112. The number of para-hydroxylation sites is 4. The molecule has 4 aromatic rings. The number of methoxy groups -OCH3 is 4. The SMILES string of the molecule is COc1cccc(C=N[C@@H]2CCCC[C@H]2N=Cc2cccc(OC)c2[O-])c1[O-].COc1cccc(C=N[C@H]2CCCC[C@@H]2N=Cc2cccc(OC)c2[O-])c1[O-].O=C([O-])[O-].O=C([O-])[O-].O=[N+]([O-])[O-].O=[N+]([O-])[O-].[Dy+3].[Dy+3].[Zn+2].[Zn+2]. The quantitative estimate of drug-likeness (QED) is 0.0781. The van der Waals surface area contributed by atoms with Crippen LogP contribution < -0.4 is 59.8 Å². The summed E-state index contributed by atoms with van der Waals surface area (Å²) < 4.78 is 20.3. The van der Waals surface area contributed by atoms with Gasteiger partial charge in [0.2, 0.25) is 0 Å². The zero-order valence-corrected chi connectivity index (χ0v) is 51.1. The van der Waals surface area contributed by atoms with Gasteiger partial charge in [-0.3, -0.25) is 20.0 Å². The number of aliphatic imine (C=N–C) groups is 4. The molecule has 0 bridgehead atoms. The molecule has 0 unspecified atom stereocenters. The Morgan fingerprint density at radius 2 is 0.592 bits per heavy atom. The largest absolute Gasteiger partial charge is 3.00 e. The third-order valence-electron chi connectivity index (χ3n) is 9.93. The van der Waals surface area contributed by atoms with Crippen molar-refractivity contribution in [1.82, 2.24) is 0 Å². The van der Waals surface area contributed by atoms with Gasteiger partial charge in [0.25, 0.3) is 0 Å². The van der Waals surface area contributed by atoms with Crippen LogP contribution in [0, 0.1) is 107 Å². The molecule has 2 saturated carbocycles. The minimum atomic E-state index is -2.33. The van der Waals surface area contributed by atoms with Crippen LogP contribution in [0.15, 0.2) is 92.8 Å². The molecule has 0 spiro atoms. The molecule has 0 heterocycles. The van der Waals surface area contributed by atoms with Crippen LogP contribution in [0.2, 0.25) is 0 Å². The van der Waals surface area contributed by atoms with E-state index in [0.29, 0.717) is 45.3 Å². The summed E-state index contributed by atoms with van der Waals surface area (Å²) >= 11 is 0. The maximum Gasteiger partial charge on any atom is 3.00 e. The molecule has 6 rings (SSSR count). The molecule has 0 amide bonds. The van der Waals surface area contributed by atoms with Crippen LogP contribution >= 0.6 is 0 Å². The van der Waals surface area contributed by atoms with Crippen molar-refractivity contribution in [1.29, 1.82) is 0 Å². The van der Waals surface area contributed by atoms with Gasteiger partial charge in [0, 0.05) is 24.9 Å². The predicted octanol–water partition coefficient (Wildman–Crippen LogP) is 0.0232. The van der Waals surface area contributed by atoms with Gasteiger partial charge < -0.3 is 100 Å². The van der Waals surface area contributed by atoms with Gasteiger partial charge in [-0.05, 0) is 84.5 Å². The smallest absolute Gasteiger partial charge is 0.870 e. The van der Waals surface area contributed by atoms with Crippen molar-refractivity contribution >= 4 is 37.2 Å². The molecule has 406 valence electrons. The number of carbonyl (C=O) groups excluding carboxylic acids is 2. The van der Waals surface area contributed by atoms with E-state index in [-0.39, 0.29) is 162 Å². The van der Waals surface area contributed by atoms with Crippen molar-refractivity contribution < 1.29 is 195 Å². The number of hydrogen-bond donors (Lipinski definition) is 0. The maximum absolute atomic E-state index is 12.3. The predicted molar refractivity (Wildman–Crippen MR) is 244 cm³/mol. The number of hydrogen-bond acceptors (Lipinski definition) is 24. The molecule has 76 heavy (non-hydrogen) atoms. The van der Waals surface area contributed by atoms with Gasteiger partial charge in [0.05, 0.1) is 62.8 Å². The van der Waals surface area contributed by atoms with Gasteiger partial charge >= 0.3 is 115 Å². The average molecular weight is 1460 g/mol. The monoisotopic (exact) mass is 1460 g/mol. The Morgan fingerprint density at radius 3 is 0.737 bits per heavy atom. The second-order valence-corrected chi connectivity index (χ2v) is 14.4. The summed E-state index contributed by atoms with van der Waals surface area (Å²) in [6, 6.07) is 20.5. The van der Waals surface area contributed by atoms with Gasteiger partial charge in [0.15, 0.2) is 0 Å². The van der Waals surface area contributed by atoms with Gasteiger partial charge in [-0.1, -0.05) is 97.2 Å². The van der Waals surface area contributed by atoms with Crippen molar-refractivity contribution in [2.45, 2.75) is 75.5 Å². The first-order valence-electron chi connectivity index (χ1n) is 21.1. The topological polar surface area (TPSA) is 437 Å². The molecule has 30 heteroatoms. The van der Waals surface area contributed by atoms with E-state index >= 15 is 0 Å². The minimum Gasteiger partial charge on any atom is -0.870 e. The molecule has 0 aromatic heterocycles. The Bertz CT molecular complexity index is 2130. The zero-order valence-electron chi connectivity index (χ0n) is 41.1. The van der Waals surface area contributed by atoms with Crippen molar-refractivity contribution in [3.8, 4) is 46.0 Å². The van der Waals surface area contributed by atoms with Crippen LogP contribution in [-0.2, 0) is 39.0 Å². The molecule has 2 aliphatic rings. The van der Waals surface area contributed by atoms with Gasteiger partial charge in [-0.25, -0.2) is 0 Å². The number of benzene rings is 4. The van der Waals surface area contributed by atoms with Crippen molar-refractivity contribution in [3.05, 3.63) is 126 Å². The van der Waals surface area contributed by atoms with E-state index in [0.717, 1.165) is 51.4 Å². The second-order valence-electron chi connectivity index (χ2n) is 14.4. The van der Waals surface area contributed by atoms with Crippen LogP contribution in [-0.4, -0.2) is 99.9 Å². The Hall–Kier alpha value is -5.31. The van der Waals surface area contributed by atoms with Gasteiger partial charge in [0.1, 0.15) is 23.0 Å². The van der Waals surface area contributed by atoms with E-state index in [1.54, 1.807) is 97.7 Å². The number of carbonyl (C=O) groups is 2. The summed E-state index contributed by atoms with van der Waals surface area (Å²) in [7, 11) is 5.91. The maximum atomic E-state index is 12.3. The Balaban J connectivity index is -0.000000510. The fraction of sp³-hybridized carbons (Fsp3) is 0.348. The van der Waals surface area contributed by atoms with Crippen LogP contribution in [0.3, 0.4) is 0 Å². The number of carboxylic acid groups (broad SMARTS) is 4. The van der Waals surface area contributed by atoms with E-state index < -0.39 is 22.5 Å². The van der Waals surface area contributed by atoms with Gasteiger partial charge in [-0.2, -0.15) is 0 Å². The molecule has 0 N–H and O–H groups in total. The Labute approximate surface area is 522 Å². The fourth-order valence-electron chi connectivity index (χ4n) is 6.76. The average Bonchev–Trinajstić information content (AvgIpc) is 3.33. The summed E-state index contributed by atoms with van der Waals surface area (Å²) in [5.41, 5.74) is 2.01. The van der Waals surface area contributed by atoms with Crippen molar-refractivity contribution in [2.24, 2.45) is 20.0 Å². The molecule has 26 nitrogen and oxygen atoms in total. The van der Waals surface area contributed by atoms with Crippen LogP contribution in [0.4, 0.5) is 9.59 Å². The number of rotatable bonds is 12. The van der Waals surface area contributed by atoms with Crippen molar-refractivity contribution in [2.75, 3.05) is 28.4 Å². The second kappa shape index (κ2) is 43.8. The molecule has 0 saturated heterocycles. The van der Waals surface area contributed by atoms with Crippen LogP contribution in [0.5, 0.6) is 46.0 Å². The molecule has 4 atom stereocenters. The summed E-state index contributed by atoms with van der Waals surface area (Å²) in [6.45, 7) is 0. The first-order valence-corrected chi connectivity index (χ1v) is 21.1. The van der Waals surface area contributed by atoms with Crippen LogP contribution in [0.25, 0.3) is 0 Å². The minimum absolute atomic E-state index is 0. The summed E-state index contributed by atoms with van der Waals surface area (Å²) in [4.78, 5) is 51.7. The Kier molecular flexibility index (Phi) is 44.4. The zero-order chi connectivity index (χ0) is 54.2. The molecular formula is C46H48Dy2N6O20Zn2. The van der Waals surface area contributed by atoms with E-state index in [1.165, 1.54) is 28.4 Å². The normalized spacial score (nSPS) is 15.9. The number of ether oxygens (including phenoxy) is 4. The third kappa shape index (κ3) is 31.0. The van der Waals surface area contributed by atoms with Crippen LogP contribution in [0.1, 0.15) is 73.6 Å². The van der Waals surface area contributed by atoms with Gasteiger partial charge in [-0.15, -0.1) is 0 Å². The molecular weight excluding hydrogens is 1410 g/mol. The first-order chi connectivity index (χ1) is 34.2. The van der Waals surface area contributed by atoms with E-state index in [2.05, 4.69) is 20.0 Å². The molecule has 2 aliphatic carbocycles. The van der Waals surface area contributed by atoms with Crippen molar-refractivity contribution in [3.63, 3.8) is 0 Å². The third-order valence-corrected chi connectivity index (χ3v) is 9.93. The first kappa shape index (κ1) is 77.2. The molecule has 0 aliphatic heterocycles. The number of nitrogens with zero attached hydrogens (tertiary/aromatic N) is 6. The van der Waals surface area contributed by atoms with E-state index in [4.69, 9.17) is 79.6 Å². The summed E-state index contributed by atoms with van der Waals surface area (Å²) in [6.07, 6.45) is 9.70. The van der Waals surface area contributed by atoms with E-state index in [9.17, 15) is 20.4 Å².